The summed E-state index contributed by atoms with van der Waals surface area (Å²) in [6.07, 6.45) is -2.64. The van der Waals surface area contributed by atoms with Crippen molar-refractivity contribution < 1.29 is 26.4 Å². The molecule has 1 amide bonds. The van der Waals surface area contributed by atoms with Crippen LogP contribution in [0, 0.1) is 0 Å². The Hall–Kier alpha value is -4.16. The number of H-pyrrole nitrogens is 1. The van der Waals surface area contributed by atoms with Gasteiger partial charge >= 0.3 is 6.18 Å². The zero-order chi connectivity index (χ0) is 28.1. The average molecular weight is 575 g/mol. The molecular weight excluding hydrogens is 557 g/mol. The number of pyridine rings is 2. The van der Waals surface area contributed by atoms with Gasteiger partial charge in [0.2, 0.25) is 10.0 Å². The number of benzene rings is 2. The van der Waals surface area contributed by atoms with Gasteiger partial charge in [-0.25, -0.2) is 18.1 Å². The second-order valence-corrected chi connectivity index (χ2v) is 10.9. The third-order valence-electron chi connectivity index (χ3n) is 6.05. The van der Waals surface area contributed by atoms with Crippen molar-refractivity contribution in [1.29, 1.82) is 0 Å². The summed E-state index contributed by atoms with van der Waals surface area (Å²) in [5.74, 6) is -1.13. The molecule has 0 unspecified atom stereocenters. The van der Waals surface area contributed by atoms with Gasteiger partial charge in [0.1, 0.15) is 10.8 Å². The number of amides is 1. The van der Waals surface area contributed by atoms with Crippen LogP contribution in [0.15, 0.2) is 71.7 Å². The van der Waals surface area contributed by atoms with Gasteiger partial charge in [0.25, 0.3) is 11.5 Å². The van der Waals surface area contributed by atoms with E-state index in [0.717, 1.165) is 23.8 Å². The number of rotatable bonds is 5. The zero-order valence-corrected chi connectivity index (χ0v) is 21.6. The summed E-state index contributed by atoms with van der Waals surface area (Å²) in [6.45, 7) is -0.171. The number of aromatic amines is 1. The number of aromatic nitrogens is 3. The second-order valence-electron chi connectivity index (χ2n) is 8.79. The van der Waals surface area contributed by atoms with E-state index in [9.17, 15) is 31.2 Å². The van der Waals surface area contributed by atoms with Crippen LogP contribution in [0.3, 0.4) is 0 Å². The summed E-state index contributed by atoms with van der Waals surface area (Å²) in [5.41, 5.74) is -1.17. The van der Waals surface area contributed by atoms with Crippen LogP contribution in [-0.2, 0) is 22.7 Å². The van der Waals surface area contributed by atoms with E-state index >= 15 is 0 Å². The normalized spacial score (nSPS) is 12.2. The van der Waals surface area contributed by atoms with Crippen LogP contribution in [-0.4, -0.2) is 35.1 Å². The van der Waals surface area contributed by atoms with Gasteiger partial charge in [-0.15, -0.1) is 0 Å². The van der Waals surface area contributed by atoms with E-state index in [2.05, 4.69) is 9.97 Å². The fourth-order valence-corrected chi connectivity index (χ4v) is 5.10. The molecule has 13 heteroatoms. The molecule has 2 N–H and O–H groups in total. The lowest BCUT2D eigenvalue weighted by Gasteiger charge is -2.14. The third-order valence-corrected chi connectivity index (χ3v) is 6.93. The van der Waals surface area contributed by atoms with Gasteiger partial charge in [-0.3, -0.25) is 9.59 Å². The van der Waals surface area contributed by atoms with E-state index in [1.165, 1.54) is 29.0 Å². The molecule has 0 aliphatic carbocycles. The third kappa shape index (κ3) is 5.12. The van der Waals surface area contributed by atoms with Gasteiger partial charge < -0.3 is 9.55 Å². The van der Waals surface area contributed by atoms with Crippen molar-refractivity contribution >= 4 is 49.3 Å². The SMILES string of the molecule is CS(=O)(=O)NC(=O)c1c(-c2ccc[nH]c2=O)c2cc(C(F)(F)F)ccc2n1Cc1cc2ccccc2nc1Cl. The highest BCUT2D eigenvalue weighted by atomic mass is 35.5. The standard InChI is InChI=1S/C26H18ClF3N4O4S/c1-39(37,38)33-25(36)22-21(17-6-4-10-31-24(17)35)18-12-16(26(28,29)30)8-9-20(18)34(22)13-15-11-14-5-2-3-7-19(14)32-23(15)27/h2-12H,13H2,1H3,(H,31,35)(H,33,36). The second kappa shape index (κ2) is 9.54. The highest BCUT2D eigenvalue weighted by molar-refractivity contribution is 7.89. The minimum atomic E-state index is -4.72. The molecule has 3 heterocycles. The molecule has 200 valence electrons. The first kappa shape index (κ1) is 26.4. The van der Waals surface area contributed by atoms with Crippen molar-refractivity contribution in [3.05, 3.63) is 99.2 Å². The predicted molar refractivity (Wildman–Crippen MR) is 141 cm³/mol. The number of alkyl halides is 3. The van der Waals surface area contributed by atoms with E-state index in [4.69, 9.17) is 11.6 Å². The van der Waals surface area contributed by atoms with Crippen molar-refractivity contribution in [2.24, 2.45) is 0 Å². The fraction of sp³-hybridized carbons (Fsp3) is 0.115. The number of nitrogens with zero attached hydrogens (tertiary/aromatic N) is 2. The van der Waals surface area contributed by atoms with Gasteiger partial charge in [-0.1, -0.05) is 29.8 Å². The van der Waals surface area contributed by atoms with Crippen molar-refractivity contribution in [2.75, 3.05) is 6.26 Å². The first-order valence-corrected chi connectivity index (χ1v) is 13.6. The molecule has 0 fully saturated rings. The molecular formula is C26H18ClF3N4O4S. The molecule has 5 aromatic rings. The quantitative estimate of drug-likeness (QED) is 0.288. The molecule has 0 saturated heterocycles. The number of fused-ring (bicyclic) bond motifs is 2. The summed E-state index contributed by atoms with van der Waals surface area (Å²) in [5, 5.41) is 0.718. The maximum absolute atomic E-state index is 13.7. The number of carbonyl (C=O) groups is 1. The minimum Gasteiger partial charge on any atom is -0.331 e. The number of hydrogen-bond acceptors (Lipinski definition) is 5. The molecule has 0 spiro atoms. The van der Waals surface area contributed by atoms with Crippen LogP contribution in [0.1, 0.15) is 21.6 Å². The van der Waals surface area contributed by atoms with Gasteiger partial charge in [0, 0.05) is 39.2 Å². The molecule has 39 heavy (non-hydrogen) atoms. The summed E-state index contributed by atoms with van der Waals surface area (Å²) in [4.78, 5) is 33.0. The predicted octanol–water partition coefficient (Wildman–Crippen LogP) is 4.95. The van der Waals surface area contributed by atoms with Crippen molar-refractivity contribution in [2.45, 2.75) is 12.7 Å². The van der Waals surface area contributed by atoms with Crippen LogP contribution in [0.2, 0.25) is 5.15 Å². The average Bonchev–Trinajstić information content (AvgIpc) is 3.16. The zero-order valence-electron chi connectivity index (χ0n) is 20.0. The lowest BCUT2D eigenvalue weighted by molar-refractivity contribution is -0.137. The maximum atomic E-state index is 13.7. The van der Waals surface area contributed by atoms with Crippen molar-refractivity contribution in [1.82, 2.24) is 19.3 Å². The smallest absolute Gasteiger partial charge is 0.331 e. The van der Waals surface area contributed by atoms with Crippen LogP contribution >= 0.6 is 11.6 Å². The number of carbonyl (C=O) groups excluding carboxylic acids is 1. The number of para-hydroxylation sites is 1. The number of halogens is 4. The molecule has 0 aliphatic heterocycles. The van der Waals surface area contributed by atoms with E-state index < -0.39 is 33.2 Å². The Morgan fingerprint density at radius 3 is 2.54 bits per heavy atom. The minimum absolute atomic E-state index is 0.0787. The van der Waals surface area contributed by atoms with E-state index in [-0.39, 0.29) is 39.4 Å². The number of hydrogen-bond donors (Lipinski definition) is 2. The number of sulfonamides is 1. The van der Waals surface area contributed by atoms with Gasteiger partial charge in [0.05, 0.1) is 23.9 Å². The molecule has 0 radical (unpaired) electrons. The molecule has 8 nitrogen and oxygen atoms in total. The fourth-order valence-electron chi connectivity index (χ4n) is 4.46. The summed E-state index contributed by atoms with van der Waals surface area (Å²) >= 11 is 6.45. The molecule has 2 aromatic carbocycles. The number of nitrogens with one attached hydrogen (secondary N) is 2. The lowest BCUT2D eigenvalue weighted by Crippen LogP contribution is -2.32. The van der Waals surface area contributed by atoms with Gasteiger partial charge in [0.15, 0.2) is 0 Å². The molecule has 0 saturated carbocycles. The van der Waals surface area contributed by atoms with Crippen molar-refractivity contribution in [3.63, 3.8) is 0 Å². The topological polar surface area (TPSA) is 114 Å². The van der Waals surface area contributed by atoms with E-state index in [0.29, 0.717) is 11.1 Å². The molecule has 3 aromatic heterocycles. The highest BCUT2D eigenvalue weighted by Gasteiger charge is 2.33. The first-order chi connectivity index (χ1) is 18.3. The molecule has 5 rings (SSSR count). The van der Waals surface area contributed by atoms with Crippen LogP contribution in [0.4, 0.5) is 13.2 Å². The molecule has 0 bridgehead atoms. The lowest BCUT2D eigenvalue weighted by atomic mass is 10.0. The Balaban J connectivity index is 1.87. The first-order valence-electron chi connectivity index (χ1n) is 11.3. The summed E-state index contributed by atoms with van der Waals surface area (Å²) < 4.78 is 68.3. The Morgan fingerprint density at radius 1 is 1.10 bits per heavy atom. The van der Waals surface area contributed by atoms with Crippen LogP contribution in [0.25, 0.3) is 32.9 Å². The highest BCUT2D eigenvalue weighted by Crippen LogP contribution is 2.39. The van der Waals surface area contributed by atoms with Crippen LogP contribution < -0.4 is 10.3 Å². The van der Waals surface area contributed by atoms with E-state index in [1.807, 2.05) is 4.72 Å². The summed E-state index contributed by atoms with van der Waals surface area (Å²) in [7, 11) is -4.09. The molecule has 0 aliphatic rings. The Labute approximate surface area is 224 Å². The monoisotopic (exact) mass is 574 g/mol. The van der Waals surface area contributed by atoms with E-state index in [1.54, 1.807) is 30.3 Å². The Bertz CT molecular complexity index is 1950. The van der Waals surface area contributed by atoms with Gasteiger partial charge in [-0.2, -0.15) is 13.2 Å². The van der Waals surface area contributed by atoms with Crippen LogP contribution in [0.5, 0.6) is 0 Å². The summed E-state index contributed by atoms with van der Waals surface area (Å²) in [6, 6.07) is 14.4. The largest absolute Gasteiger partial charge is 0.416 e. The van der Waals surface area contributed by atoms with Gasteiger partial charge in [-0.05, 0) is 42.5 Å². The Kier molecular flexibility index (Phi) is 6.47. The maximum Gasteiger partial charge on any atom is 0.416 e. The van der Waals surface area contributed by atoms with Crippen molar-refractivity contribution in [3.8, 4) is 11.1 Å². The molecule has 0 atom stereocenters. The Morgan fingerprint density at radius 2 is 1.85 bits per heavy atom.